The lowest BCUT2D eigenvalue weighted by Gasteiger charge is -2.37. The summed E-state index contributed by atoms with van der Waals surface area (Å²) in [5.74, 6) is 0.310. The maximum atomic E-state index is 12.6. The van der Waals surface area contributed by atoms with E-state index in [4.69, 9.17) is 4.74 Å². The topological polar surface area (TPSA) is 79.0 Å². The number of carbonyl (C=O) groups excluding carboxylic acids is 3. The monoisotopic (exact) mass is 325 g/mol. The number of nitrogens with zero attached hydrogens (tertiary/aromatic N) is 2. The summed E-state index contributed by atoms with van der Waals surface area (Å²) < 4.78 is 4.88. The van der Waals surface area contributed by atoms with Crippen LogP contribution in [0.1, 0.15) is 39.5 Å². The first-order valence-corrected chi connectivity index (χ1v) is 8.48. The van der Waals surface area contributed by atoms with Gasteiger partial charge in [0, 0.05) is 45.1 Å². The average molecular weight is 325 g/mol. The van der Waals surface area contributed by atoms with Crippen LogP contribution in [0.4, 0.5) is 4.79 Å². The first kappa shape index (κ1) is 17.6. The number of rotatable bonds is 3. The van der Waals surface area contributed by atoms with Gasteiger partial charge in [0.05, 0.1) is 6.61 Å². The molecule has 2 aliphatic rings. The number of piperidine rings is 2. The second-order valence-corrected chi connectivity index (χ2v) is 6.24. The van der Waals surface area contributed by atoms with E-state index in [2.05, 4.69) is 5.32 Å². The zero-order valence-corrected chi connectivity index (χ0v) is 14.0. The molecule has 0 aromatic rings. The average Bonchev–Trinajstić information content (AvgIpc) is 2.55. The molecule has 0 aromatic carbocycles. The number of hydrogen-bond acceptors (Lipinski definition) is 4. The van der Waals surface area contributed by atoms with Crippen LogP contribution in [0.2, 0.25) is 0 Å². The first-order valence-electron chi connectivity index (χ1n) is 8.48. The van der Waals surface area contributed by atoms with Crippen molar-refractivity contribution in [1.82, 2.24) is 15.1 Å². The Hall–Kier alpha value is -1.79. The third-order valence-electron chi connectivity index (χ3n) is 4.69. The molecule has 0 radical (unpaired) electrons. The van der Waals surface area contributed by atoms with E-state index in [0.29, 0.717) is 32.8 Å². The highest BCUT2D eigenvalue weighted by molar-refractivity contribution is 5.80. The minimum atomic E-state index is -0.381. The van der Waals surface area contributed by atoms with E-state index >= 15 is 0 Å². The number of carbonyl (C=O) groups is 3. The number of alkyl carbamates (subject to hydrolysis) is 1. The lowest BCUT2D eigenvalue weighted by atomic mass is 9.94. The number of nitrogens with one attached hydrogen (secondary N) is 1. The molecule has 0 unspecified atom stereocenters. The maximum absolute atomic E-state index is 12.6. The Bertz CT molecular complexity index is 439. The van der Waals surface area contributed by atoms with Gasteiger partial charge in [-0.1, -0.05) is 0 Å². The molecule has 0 bridgehead atoms. The molecule has 0 spiro atoms. The van der Waals surface area contributed by atoms with Crippen molar-refractivity contribution in [3.05, 3.63) is 0 Å². The maximum Gasteiger partial charge on any atom is 0.407 e. The predicted octanol–water partition coefficient (Wildman–Crippen LogP) is 0.982. The zero-order valence-electron chi connectivity index (χ0n) is 14.0. The molecule has 2 fully saturated rings. The Morgan fingerprint density at radius 1 is 1.00 bits per heavy atom. The van der Waals surface area contributed by atoms with Gasteiger partial charge in [-0.05, 0) is 32.6 Å². The molecule has 0 aromatic heterocycles. The van der Waals surface area contributed by atoms with Crippen molar-refractivity contribution in [3.8, 4) is 0 Å². The molecule has 2 rings (SSSR count). The van der Waals surface area contributed by atoms with Crippen molar-refractivity contribution in [3.63, 3.8) is 0 Å². The molecule has 0 aliphatic carbocycles. The van der Waals surface area contributed by atoms with Crippen LogP contribution in [0.25, 0.3) is 0 Å². The van der Waals surface area contributed by atoms with Crippen LogP contribution in [-0.2, 0) is 14.3 Å². The van der Waals surface area contributed by atoms with E-state index in [0.717, 1.165) is 25.7 Å². The second kappa shape index (κ2) is 8.17. The lowest BCUT2D eigenvalue weighted by molar-refractivity contribution is -0.141. The van der Waals surface area contributed by atoms with E-state index in [1.165, 1.54) is 0 Å². The zero-order chi connectivity index (χ0) is 16.8. The van der Waals surface area contributed by atoms with Crippen molar-refractivity contribution in [1.29, 1.82) is 0 Å². The molecule has 3 amide bonds. The van der Waals surface area contributed by atoms with Crippen molar-refractivity contribution in [2.24, 2.45) is 5.92 Å². The van der Waals surface area contributed by atoms with Gasteiger partial charge in [-0.3, -0.25) is 9.59 Å². The molecule has 1 N–H and O–H groups in total. The molecular weight excluding hydrogens is 298 g/mol. The minimum Gasteiger partial charge on any atom is -0.450 e. The van der Waals surface area contributed by atoms with E-state index in [1.807, 2.05) is 4.90 Å². The van der Waals surface area contributed by atoms with Gasteiger partial charge in [-0.15, -0.1) is 0 Å². The van der Waals surface area contributed by atoms with Crippen LogP contribution in [0.3, 0.4) is 0 Å². The molecule has 0 saturated carbocycles. The summed E-state index contributed by atoms with van der Waals surface area (Å²) >= 11 is 0. The van der Waals surface area contributed by atoms with E-state index in [-0.39, 0.29) is 29.9 Å². The van der Waals surface area contributed by atoms with Crippen LogP contribution < -0.4 is 5.32 Å². The first-order chi connectivity index (χ1) is 11.0. The van der Waals surface area contributed by atoms with Gasteiger partial charge in [0.2, 0.25) is 11.8 Å². The van der Waals surface area contributed by atoms with Crippen molar-refractivity contribution in [2.75, 3.05) is 32.8 Å². The van der Waals surface area contributed by atoms with Gasteiger partial charge in [-0.2, -0.15) is 0 Å². The third kappa shape index (κ3) is 4.84. The normalized spacial score (nSPS) is 20.3. The van der Waals surface area contributed by atoms with Crippen molar-refractivity contribution >= 4 is 17.9 Å². The van der Waals surface area contributed by atoms with Gasteiger partial charge < -0.3 is 19.9 Å². The molecule has 7 heteroatoms. The fourth-order valence-electron chi connectivity index (χ4n) is 3.28. The highest BCUT2D eigenvalue weighted by Gasteiger charge is 2.31. The molecule has 2 aliphatic heterocycles. The molecule has 7 nitrogen and oxygen atoms in total. The molecule has 0 atom stereocenters. The molecule has 130 valence electrons. The Labute approximate surface area is 137 Å². The SMILES string of the molecule is CCOC(=O)NC1CCN(C(=O)C2CCN(C(C)=O)CC2)CC1. The summed E-state index contributed by atoms with van der Waals surface area (Å²) in [5, 5.41) is 2.83. The fraction of sp³-hybridized carbons (Fsp3) is 0.812. The third-order valence-corrected chi connectivity index (χ3v) is 4.69. The summed E-state index contributed by atoms with van der Waals surface area (Å²) in [4.78, 5) is 39.0. The van der Waals surface area contributed by atoms with Gasteiger partial charge >= 0.3 is 6.09 Å². The molecule has 2 saturated heterocycles. The summed E-state index contributed by atoms with van der Waals surface area (Å²) in [6.07, 6.45) is 2.64. The largest absolute Gasteiger partial charge is 0.450 e. The van der Waals surface area contributed by atoms with Gasteiger partial charge in [0.25, 0.3) is 0 Å². The highest BCUT2D eigenvalue weighted by Crippen LogP contribution is 2.22. The Balaban J connectivity index is 1.74. The summed E-state index contributed by atoms with van der Waals surface area (Å²) in [6, 6.07) is 0.0812. The number of amides is 3. The standard InChI is InChI=1S/C16H27N3O4/c1-3-23-16(22)17-14-6-10-19(11-7-14)15(21)13-4-8-18(9-5-13)12(2)20/h13-14H,3-11H2,1-2H3,(H,17,22). The quantitative estimate of drug-likeness (QED) is 0.839. The predicted molar refractivity (Wildman–Crippen MR) is 84.7 cm³/mol. The summed E-state index contributed by atoms with van der Waals surface area (Å²) in [6.45, 7) is 6.40. The van der Waals surface area contributed by atoms with Crippen LogP contribution >= 0.6 is 0 Å². The van der Waals surface area contributed by atoms with E-state index < -0.39 is 0 Å². The van der Waals surface area contributed by atoms with Crippen molar-refractivity contribution < 1.29 is 19.1 Å². The van der Waals surface area contributed by atoms with Crippen LogP contribution in [0.15, 0.2) is 0 Å². The number of ether oxygens (including phenoxy) is 1. The summed E-state index contributed by atoms with van der Waals surface area (Å²) in [7, 11) is 0. The van der Waals surface area contributed by atoms with E-state index in [9.17, 15) is 14.4 Å². The number of hydrogen-bond donors (Lipinski definition) is 1. The highest BCUT2D eigenvalue weighted by atomic mass is 16.5. The second-order valence-electron chi connectivity index (χ2n) is 6.24. The summed E-state index contributed by atoms with van der Waals surface area (Å²) in [5.41, 5.74) is 0. The molecule has 2 heterocycles. The van der Waals surface area contributed by atoms with Crippen LogP contribution in [0, 0.1) is 5.92 Å². The lowest BCUT2D eigenvalue weighted by Crippen LogP contribution is -2.49. The number of likely N-dealkylation sites (tertiary alicyclic amines) is 2. The van der Waals surface area contributed by atoms with Gasteiger partial charge in [-0.25, -0.2) is 4.79 Å². The minimum absolute atomic E-state index is 0.0279. The fourth-order valence-corrected chi connectivity index (χ4v) is 3.28. The molecule has 23 heavy (non-hydrogen) atoms. The van der Waals surface area contributed by atoms with E-state index in [1.54, 1.807) is 18.7 Å². The Kier molecular flexibility index (Phi) is 6.24. The van der Waals surface area contributed by atoms with Crippen molar-refractivity contribution in [2.45, 2.75) is 45.6 Å². The van der Waals surface area contributed by atoms with Gasteiger partial charge in [0.1, 0.15) is 0 Å². The van der Waals surface area contributed by atoms with Gasteiger partial charge in [0.15, 0.2) is 0 Å². The smallest absolute Gasteiger partial charge is 0.407 e. The Morgan fingerprint density at radius 3 is 2.09 bits per heavy atom. The Morgan fingerprint density at radius 2 is 1.57 bits per heavy atom. The van der Waals surface area contributed by atoms with Crippen LogP contribution in [0.5, 0.6) is 0 Å². The van der Waals surface area contributed by atoms with Crippen LogP contribution in [-0.4, -0.2) is 66.5 Å². The molecular formula is C16H27N3O4.